The lowest BCUT2D eigenvalue weighted by Crippen LogP contribution is -2.31. The Morgan fingerprint density at radius 1 is 1.11 bits per heavy atom. The molecule has 1 fully saturated rings. The van der Waals surface area contributed by atoms with Crippen molar-refractivity contribution in [3.8, 4) is 16.9 Å². The second kappa shape index (κ2) is 8.85. The molecule has 3 aromatic rings. The Balaban J connectivity index is 1.48. The summed E-state index contributed by atoms with van der Waals surface area (Å²) in [5.41, 5.74) is 4.07. The van der Waals surface area contributed by atoms with Crippen molar-refractivity contribution in [1.82, 2.24) is 15.1 Å². The van der Waals surface area contributed by atoms with Crippen LogP contribution in [-0.4, -0.2) is 34.9 Å². The summed E-state index contributed by atoms with van der Waals surface area (Å²) in [4.78, 5) is 12.3. The number of aryl methyl sites for hydroxylation is 1. The number of carbonyl (C=O) groups excluding carboxylic acids is 1. The highest BCUT2D eigenvalue weighted by Crippen LogP contribution is 2.24. The summed E-state index contributed by atoms with van der Waals surface area (Å²) in [6.45, 7) is 1.41. The molecule has 0 radical (unpaired) electrons. The van der Waals surface area contributed by atoms with Crippen molar-refractivity contribution in [2.24, 2.45) is 0 Å². The number of hydrogen-bond donors (Lipinski definition) is 1. The molecular weight excluding hydrogens is 350 g/mol. The molecule has 1 N–H and O–H groups in total. The fraction of sp³-hybridized carbons (Fsp3) is 0.304. The van der Waals surface area contributed by atoms with Crippen LogP contribution in [-0.2, 0) is 16.0 Å². The molecule has 1 aliphatic heterocycles. The second-order valence-electron chi connectivity index (χ2n) is 7.09. The van der Waals surface area contributed by atoms with E-state index in [0.717, 1.165) is 42.0 Å². The zero-order chi connectivity index (χ0) is 19.2. The lowest BCUT2D eigenvalue weighted by Gasteiger charge is -2.10. The molecule has 1 saturated heterocycles. The lowest BCUT2D eigenvalue weighted by atomic mass is 10.0. The Kier molecular flexibility index (Phi) is 5.83. The normalized spacial score (nSPS) is 16.2. The van der Waals surface area contributed by atoms with Crippen molar-refractivity contribution in [3.63, 3.8) is 0 Å². The number of para-hydroxylation sites is 1. The van der Waals surface area contributed by atoms with Crippen LogP contribution < -0.4 is 5.32 Å². The molecule has 1 amide bonds. The third-order valence-electron chi connectivity index (χ3n) is 5.03. The van der Waals surface area contributed by atoms with E-state index in [1.165, 1.54) is 0 Å². The maximum absolute atomic E-state index is 12.3. The number of aromatic nitrogens is 2. The van der Waals surface area contributed by atoms with Gasteiger partial charge in [0.05, 0.1) is 17.5 Å². The first kappa shape index (κ1) is 18.4. The van der Waals surface area contributed by atoms with Crippen LogP contribution in [0, 0.1) is 0 Å². The molecule has 2 heterocycles. The highest BCUT2D eigenvalue weighted by Gasteiger charge is 2.17. The predicted octanol–water partition coefficient (Wildman–Crippen LogP) is 3.77. The van der Waals surface area contributed by atoms with Crippen molar-refractivity contribution >= 4 is 5.91 Å². The summed E-state index contributed by atoms with van der Waals surface area (Å²) < 4.78 is 7.46. The highest BCUT2D eigenvalue weighted by molar-refractivity contribution is 5.76. The number of rotatable bonds is 7. The van der Waals surface area contributed by atoms with E-state index in [4.69, 9.17) is 9.84 Å². The Morgan fingerprint density at radius 3 is 2.57 bits per heavy atom. The van der Waals surface area contributed by atoms with E-state index >= 15 is 0 Å². The van der Waals surface area contributed by atoms with E-state index in [2.05, 4.69) is 17.4 Å². The lowest BCUT2D eigenvalue weighted by molar-refractivity contribution is -0.121. The van der Waals surface area contributed by atoms with Crippen LogP contribution in [0.4, 0.5) is 0 Å². The van der Waals surface area contributed by atoms with Gasteiger partial charge in [0.15, 0.2) is 0 Å². The van der Waals surface area contributed by atoms with Crippen LogP contribution in [0.15, 0.2) is 66.9 Å². The van der Waals surface area contributed by atoms with E-state index in [1.807, 2.05) is 59.4 Å². The van der Waals surface area contributed by atoms with Crippen LogP contribution in [0.5, 0.6) is 0 Å². The monoisotopic (exact) mass is 375 g/mol. The summed E-state index contributed by atoms with van der Waals surface area (Å²) in [5.74, 6) is 0.0574. The zero-order valence-corrected chi connectivity index (χ0v) is 15.9. The molecule has 144 valence electrons. The molecular formula is C23H25N3O2. The maximum Gasteiger partial charge on any atom is 0.220 e. The SMILES string of the molecule is O=C(CCc1cn(-c2ccccc2)nc1-c1ccccc1)NC[C@@H]1CCCO1. The maximum atomic E-state index is 12.3. The topological polar surface area (TPSA) is 56.2 Å². The van der Waals surface area contributed by atoms with E-state index in [9.17, 15) is 4.79 Å². The van der Waals surface area contributed by atoms with Crippen molar-refractivity contribution in [3.05, 3.63) is 72.4 Å². The van der Waals surface area contributed by atoms with Crippen LogP contribution in [0.3, 0.4) is 0 Å². The Morgan fingerprint density at radius 2 is 1.86 bits per heavy atom. The third kappa shape index (κ3) is 4.49. The first-order valence-corrected chi connectivity index (χ1v) is 9.87. The minimum absolute atomic E-state index is 0.0574. The third-order valence-corrected chi connectivity index (χ3v) is 5.03. The number of nitrogens with zero attached hydrogens (tertiary/aromatic N) is 2. The summed E-state index contributed by atoms with van der Waals surface area (Å²) in [7, 11) is 0. The molecule has 0 spiro atoms. The first-order chi connectivity index (χ1) is 13.8. The molecule has 2 aromatic carbocycles. The van der Waals surface area contributed by atoms with E-state index in [0.29, 0.717) is 19.4 Å². The van der Waals surface area contributed by atoms with Gasteiger partial charge in [-0.2, -0.15) is 5.10 Å². The smallest absolute Gasteiger partial charge is 0.220 e. The number of carbonyl (C=O) groups is 1. The molecule has 28 heavy (non-hydrogen) atoms. The number of ether oxygens (including phenoxy) is 1. The van der Waals surface area contributed by atoms with Gasteiger partial charge in [-0.25, -0.2) is 4.68 Å². The van der Waals surface area contributed by atoms with Gasteiger partial charge in [-0.3, -0.25) is 4.79 Å². The standard InChI is InChI=1S/C23H25N3O2/c27-22(24-16-21-12-7-15-28-21)14-13-19-17-26(20-10-5-2-6-11-20)25-23(19)18-8-3-1-4-9-18/h1-6,8-11,17,21H,7,12-16H2,(H,24,27)/t21-/m0/s1. The molecule has 4 rings (SSSR count). The zero-order valence-electron chi connectivity index (χ0n) is 15.9. The van der Waals surface area contributed by atoms with Gasteiger partial charge in [0.1, 0.15) is 0 Å². The van der Waals surface area contributed by atoms with Crippen molar-refractivity contribution < 1.29 is 9.53 Å². The molecule has 0 unspecified atom stereocenters. The van der Waals surface area contributed by atoms with Gasteiger partial charge in [0, 0.05) is 31.3 Å². The van der Waals surface area contributed by atoms with Crippen molar-refractivity contribution in [1.29, 1.82) is 0 Å². The molecule has 0 saturated carbocycles. The van der Waals surface area contributed by atoms with Gasteiger partial charge in [-0.15, -0.1) is 0 Å². The molecule has 0 bridgehead atoms. The first-order valence-electron chi connectivity index (χ1n) is 9.87. The van der Waals surface area contributed by atoms with E-state index in [1.54, 1.807) is 0 Å². The second-order valence-corrected chi connectivity index (χ2v) is 7.09. The van der Waals surface area contributed by atoms with Crippen molar-refractivity contribution in [2.45, 2.75) is 31.8 Å². The molecule has 5 heteroatoms. The number of amides is 1. The van der Waals surface area contributed by atoms with Crippen LogP contribution in [0.25, 0.3) is 16.9 Å². The Hall–Kier alpha value is -2.92. The number of benzene rings is 2. The summed E-state index contributed by atoms with van der Waals surface area (Å²) in [6.07, 6.45) is 5.40. The summed E-state index contributed by atoms with van der Waals surface area (Å²) in [5, 5.41) is 7.80. The quantitative estimate of drug-likeness (QED) is 0.684. The van der Waals surface area contributed by atoms with Gasteiger partial charge in [-0.05, 0) is 37.0 Å². The van der Waals surface area contributed by atoms with Crippen LogP contribution >= 0.6 is 0 Å². The molecule has 1 atom stereocenters. The number of nitrogens with one attached hydrogen (secondary N) is 1. The predicted molar refractivity (Wildman–Crippen MR) is 109 cm³/mol. The molecule has 1 aromatic heterocycles. The Labute approximate surface area is 165 Å². The summed E-state index contributed by atoms with van der Waals surface area (Å²) in [6, 6.07) is 20.2. The average Bonchev–Trinajstić information content (AvgIpc) is 3.42. The Bertz CT molecular complexity index is 900. The van der Waals surface area contributed by atoms with Crippen molar-refractivity contribution in [2.75, 3.05) is 13.2 Å². The largest absolute Gasteiger partial charge is 0.376 e. The molecule has 5 nitrogen and oxygen atoms in total. The fourth-order valence-electron chi connectivity index (χ4n) is 3.51. The summed E-state index contributed by atoms with van der Waals surface area (Å²) >= 11 is 0. The highest BCUT2D eigenvalue weighted by atomic mass is 16.5. The molecule has 1 aliphatic rings. The average molecular weight is 375 g/mol. The minimum atomic E-state index is 0.0574. The minimum Gasteiger partial charge on any atom is -0.376 e. The van der Waals surface area contributed by atoms with E-state index in [-0.39, 0.29) is 12.0 Å². The van der Waals surface area contributed by atoms with Crippen LogP contribution in [0.1, 0.15) is 24.8 Å². The fourth-order valence-corrected chi connectivity index (χ4v) is 3.51. The van der Waals surface area contributed by atoms with E-state index < -0.39 is 0 Å². The van der Waals surface area contributed by atoms with Gasteiger partial charge >= 0.3 is 0 Å². The molecule has 0 aliphatic carbocycles. The van der Waals surface area contributed by atoms with Gasteiger partial charge in [-0.1, -0.05) is 48.5 Å². The van der Waals surface area contributed by atoms with Crippen LogP contribution in [0.2, 0.25) is 0 Å². The van der Waals surface area contributed by atoms with Gasteiger partial charge < -0.3 is 10.1 Å². The number of hydrogen-bond acceptors (Lipinski definition) is 3. The van der Waals surface area contributed by atoms with Gasteiger partial charge in [0.25, 0.3) is 0 Å². The van der Waals surface area contributed by atoms with Gasteiger partial charge in [0.2, 0.25) is 5.91 Å².